The normalized spacial score (nSPS) is 16.7. The van der Waals surface area contributed by atoms with Crippen LogP contribution < -0.4 is 11.1 Å². The third kappa shape index (κ3) is 4.38. The summed E-state index contributed by atoms with van der Waals surface area (Å²) in [6.07, 6.45) is 3.47. The fourth-order valence-electron chi connectivity index (χ4n) is 2.65. The minimum Gasteiger partial charge on any atom is -0.381 e. The molecule has 0 radical (unpaired) electrons. The summed E-state index contributed by atoms with van der Waals surface area (Å²) in [5, 5.41) is 3.07. The van der Waals surface area contributed by atoms with Crippen molar-refractivity contribution in [1.82, 2.24) is 5.32 Å². The number of carbonyl (C=O) groups is 1. The van der Waals surface area contributed by atoms with E-state index in [2.05, 4.69) is 36.7 Å². The van der Waals surface area contributed by atoms with Crippen molar-refractivity contribution in [2.45, 2.75) is 31.2 Å². The van der Waals surface area contributed by atoms with E-state index >= 15 is 0 Å². The van der Waals surface area contributed by atoms with Crippen molar-refractivity contribution in [3.63, 3.8) is 0 Å². The van der Waals surface area contributed by atoms with Gasteiger partial charge in [-0.25, -0.2) is 0 Å². The van der Waals surface area contributed by atoms with E-state index in [0.29, 0.717) is 39.1 Å². The third-order valence-corrected chi connectivity index (χ3v) is 5.02. The number of carbonyl (C=O) groups excluding carboxylic acids is 1. The number of hydrogen-bond acceptors (Lipinski definition) is 4. The average Bonchev–Trinajstić information content (AvgIpc) is 2.53. The van der Waals surface area contributed by atoms with Gasteiger partial charge in [0.2, 0.25) is 5.91 Å². The molecule has 1 heterocycles. The quantitative estimate of drug-likeness (QED) is 0.805. The summed E-state index contributed by atoms with van der Waals surface area (Å²) in [7, 11) is 0. The first-order valence-corrected chi connectivity index (χ1v) is 8.53. The molecule has 1 aliphatic heterocycles. The molecule has 1 aromatic rings. The van der Waals surface area contributed by atoms with E-state index in [4.69, 9.17) is 10.5 Å². The lowest BCUT2D eigenvalue weighted by Gasteiger charge is -2.34. The topological polar surface area (TPSA) is 64.4 Å². The van der Waals surface area contributed by atoms with Crippen LogP contribution in [0.1, 0.15) is 24.0 Å². The molecule has 124 valence electrons. The van der Waals surface area contributed by atoms with E-state index < -0.39 is 5.41 Å². The van der Waals surface area contributed by atoms with Gasteiger partial charge in [0.25, 0.3) is 0 Å². The number of halogens is 1. The maximum absolute atomic E-state index is 12.5. The van der Waals surface area contributed by atoms with Gasteiger partial charge in [0.1, 0.15) is 0 Å². The van der Waals surface area contributed by atoms with Crippen LogP contribution in [0.15, 0.2) is 23.1 Å². The highest BCUT2D eigenvalue weighted by Gasteiger charge is 2.38. The highest BCUT2D eigenvalue weighted by atomic mass is 35.5. The number of thioether (sulfide) groups is 1. The minimum atomic E-state index is -0.456. The van der Waals surface area contributed by atoms with Gasteiger partial charge in [-0.1, -0.05) is 12.1 Å². The SMILES string of the molecule is CSc1cc(C)ccc1CNC(=O)C1(CN)CCOCC1.Cl. The molecule has 1 amide bonds. The lowest BCUT2D eigenvalue weighted by Crippen LogP contribution is -2.49. The van der Waals surface area contributed by atoms with Gasteiger partial charge in [-0.2, -0.15) is 0 Å². The number of rotatable bonds is 5. The zero-order valence-corrected chi connectivity index (χ0v) is 14.8. The summed E-state index contributed by atoms with van der Waals surface area (Å²) >= 11 is 1.71. The molecular weight excluding hydrogens is 320 g/mol. The Morgan fingerprint density at radius 1 is 1.41 bits per heavy atom. The van der Waals surface area contributed by atoms with Gasteiger partial charge in [-0.3, -0.25) is 4.79 Å². The molecule has 1 fully saturated rings. The number of nitrogens with one attached hydrogen (secondary N) is 1. The van der Waals surface area contributed by atoms with Crippen LogP contribution in [0.25, 0.3) is 0 Å². The molecule has 0 bridgehead atoms. The number of benzene rings is 1. The highest BCUT2D eigenvalue weighted by Crippen LogP contribution is 2.30. The van der Waals surface area contributed by atoms with Gasteiger partial charge in [-0.15, -0.1) is 24.2 Å². The number of aryl methyl sites for hydroxylation is 1. The molecule has 0 aromatic heterocycles. The van der Waals surface area contributed by atoms with Crippen molar-refractivity contribution in [1.29, 1.82) is 0 Å². The second kappa shape index (κ2) is 8.77. The monoisotopic (exact) mass is 344 g/mol. The number of ether oxygens (including phenoxy) is 1. The van der Waals surface area contributed by atoms with Gasteiger partial charge in [0.15, 0.2) is 0 Å². The second-order valence-electron chi connectivity index (χ2n) is 5.59. The predicted molar refractivity (Wildman–Crippen MR) is 93.6 cm³/mol. The predicted octanol–water partition coefficient (Wildman–Crippen LogP) is 2.51. The van der Waals surface area contributed by atoms with Crippen LogP contribution in [0.5, 0.6) is 0 Å². The molecule has 4 nitrogen and oxygen atoms in total. The zero-order valence-electron chi connectivity index (χ0n) is 13.2. The van der Waals surface area contributed by atoms with E-state index in [1.54, 1.807) is 11.8 Å². The van der Waals surface area contributed by atoms with Crippen molar-refractivity contribution in [3.05, 3.63) is 29.3 Å². The van der Waals surface area contributed by atoms with Crippen molar-refractivity contribution < 1.29 is 9.53 Å². The Labute approximate surface area is 143 Å². The first-order chi connectivity index (χ1) is 10.1. The van der Waals surface area contributed by atoms with Crippen molar-refractivity contribution in [3.8, 4) is 0 Å². The van der Waals surface area contributed by atoms with Crippen molar-refractivity contribution in [2.24, 2.45) is 11.1 Å². The highest BCUT2D eigenvalue weighted by molar-refractivity contribution is 7.98. The summed E-state index contributed by atoms with van der Waals surface area (Å²) in [4.78, 5) is 13.7. The zero-order chi connectivity index (χ0) is 15.3. The molecular formula is C16H25ClN2O2S. The van der Waals surface area contributed by atoms with Gasteiger partial charge in [-0.05, 0) is 43.2 Å². The van der Waals surface area contributed by atoms with Gasteiger partial charge in [0.05, 0.1) is 5.41 Å². The van der Waals surface area contributed by atoms with Crippen molar-refractivity contribution >= 4 is 30.1 Å². The Hall–Kier alpha value is -0.750. The number of hydrogen-bond donors (Lipinski definition) is 2. The molecule has 1 saturated heterocycles. The molecule has 0 unspecified atom stereocenters. The van der Waals surface area contributed by atoms with Gasteiger partial charge >= 0.3 is 0 Å². The van der Waals surface area contributed by atoms with E-state index in [9.17, 15) is 4.79 Å². The van der Waals surface area contributed by atoms with Crippen molar-refractivity contribution in [2.75, 3.05) is 26.0 Å². The van der Waals surface area contributed by atoms with Crippen LogP contribution in [0.3, 0.4) is 0 Å². The molecule has 0 atom stereocenters. The summed E-state index contributed by atoms with van der Waals surface area (Å²) < 4.78 is 5.35. The Morgan fingerprint density at radius 3 is 2.68 bits per heavy atom. The maximum atomic E-state index is 12.5. The fraction of sp³-hybridized carbons (Fsp3) is 0.562. The van der Waals surface area contributed by atoms with Crippen LogP contribution in [0, 0.1) is 12.3 Å². The first kappa shape index (κ1) is 19.3. The van der Waals surface area contributed by atoms with Crippen LogP contribution in [-0.2, 0) is 16.1 Å². The summed E-state index contributed by atoms with van der Waals surface area (Å²) in [5.74, 6) is 0.0564. The Bertz CT molecular complexity index is 505. The average molecular weight is 345 g/mol. The van der Waals surface area contributed by atoms with Crippen LogP contribution >= 0.6 is 24.2 Å². The standard InChI is InChI=1S/C16H24N2O2S.ClH/c1-12-3-4-13(14(9-12)21-2)10-18-15(19)16(11-17)5-7-20-8-6-16;/h3-4,9H,5-8,10-11,17H2,1-2H3,(H,18,19);1H. The molecule has 0 saturated carbocycles. The minimum absolute atomic E-state index is 0. The fourth-order valence-corrected chi connectivity index (χ4v) is 3.35. The smallest absolute Gasteiger partial charge is 0.227 e. The van der Waals surface area contributed by atoms with E-state index in [1.807, 2.05) is 0 Å². The molecule has 3 N–H and O–H groups in total. The number of amides is 1. The second-order valence-corrected chi connectivity index (χ2v) is 6.44. The van der Waals surface area contributed by atoms with E-state index in [-0.39, 0.29) is 18.3 Å². The largest absolute Gasteiger partial charge is 0.381 e. The molecule has 2 rings (SSSR count). The Kier molecular flexibility index (Phi) is 7.69. The Balaban J connectivity index is 0.00000242. The molecule has 1 aromatic carbocycles. The molecule has 6 heteroatoms. The summed E-state index contributed by atoms with van der Waals surface area (Å²) in [6.45, 7) is 4.24. The van der Waals surface area contributed by atoms with Crippen LogP contribution in [-0.4, -0.2) is 31.9 Å². The van der Waals surface area contributed by atoms with E-state index in [0.717, 1.165) is 5.56 Å². The number of nitrogens with two attached hydrogens (primary N) is 1. The molecule has 22 heavy (non-hydrogen) atoms. The summed E-state index contributed by atoms with van der Waals surface area (Å²) in [5.41, 5.74) is 7.79. The lowest BCUT2D eigenvalue weighted by atomic mass is 9.79. The summed E-state index contributed by atoms with van der Waals surface area (Å²) in [6, 6.07) is 6.31. The first-order valence-electron chi connectivity index (χ1n) is 7.31. The van der Waals surface area contributed by atoms with Crippen LogP contribution in [0.4, 0.5) is 0 Å². The third-order valence-electron chi connectivity index (χ3n) is 4.20. The Morgan fingerprint density at radius 2 is 2.09 bits per heavy atom. The molecule has 0 spiro atoms. The lowest BCUT2D eigenvalue weighted by molar-refractivity contribution is -0.136. The maximum Gasteiger partial charge on any atom is 0.227 e. The molecule has 1 aliphatic rings. The van der Waals surface area contributed by atoms with Crippen LogP contribution in [0.2, 0.25) is 0 Å². The molecule has 0 aliphatic carbocycles. The van der Waals surface area contributed by atoms with E-state index in [1.165, 1.54) is 10.5 Å². The van der Waals surface area contributed by atoms with Gasteiger partial charge < -0.3 is 15.8 Å². The van der Waals surface area contributed by atoms with Gasteiger partial charge in [0, 0.05) is 31.2 Å².